The van der Waals surface area contributed by atoms with Crippen molar-refractivity contribution in [3.8, 4) is 11.3 Å². The van der Waals surface area contributed by atoms with E-state index in [-0.39, 0.29) is 23.4 Å². The van der Waals surface area contributed by atoms with E-state index >= 15 is 0 Å². The predicted octanol–water partition coefficient (Wildman–Crippen LogP) is 3.05. The van der Waals surface area contributed by atoms with Crippen molar-refractivity contribution >= 4 is 33.1 Å². The minimum atomic E-state index is -1.04. The van der Waals surface area contributed by atoms with Crippen LogP contribution in [0.5, 0.6) is 0 Å². The van der Waals surface area contributed by atoms with Gasteiger partial charge in [-0.2, -0.15) is 5.10 Å². The summed E-state index contributed by atoms with van der Waals surface area (Å²) in [7, 11) is 0. The van der Waals surface area contributed by atoms with Crippen LogP contribution in [0.1, 0.15) is 21.1 Å². The molecule has 4 N–H and O–H groups in total. The third kappa shape index (κ3) is 3.94. The smallest absolute Gasteiger partial charge is 0.252 e. The maximum atomic E-state index is 13.8. The summed E-state index contributed by atoms with van der Waals surface area (Å²) in [5.74, 6) is -2.76. The van der Waals surface area contributed by atoms with Crippen LogP contribution in [0.3, 0.4) is 0 Å². The van der Waals surface area contributed by atoms with E-state index in [2.05, 4.69) is 15.4 Å². The van der Waals surface area contributed by atoms with Crippen LogP contribution in [0.15, 0.2) is 36.4 Å². The Morgan fingerprint density at radius 1 is 1.21 bits per heavy atom. The molecule has 8 nitrogen and oxygen atoms in total. The SMILES string of the molecule is Cc1nc2cc(NC(O)N3CCn4nc(-c5ccc(F)c(F)c5)c(C(N)=O)c4C3)ccc2s1. The molecule has 0 radical (unpaired) electrons. The average Bonchev–Trinajstić information content (AvgIpc) is 3.34. The van der Waals surface area contributed by atoms with Crippen molar-refractivity contribution in [1.29, 1.82) is 0 Å². The van der Waals surface area contributed by atoms with E-state index in [1.54, 1.807) is 20.9 Å². The minimum Gasteiger partial charge on any atom is -0.365 e. The van der Waals surface area contributed by atoms with Crippen LogP contribution in [-0.4, -0.2) is 43.6 Å². The maximum Gasteiger partial charge on any atom is 0.252 e. The highest BCUT2D eigenvalue weighted by Gasteiger charge is 2.30. The molecule has 5 rings (SSSR count). The molecule has 1 unspecified atom stereocenters. The van der Waals surface area contributed by atoms with Gasteiger partial charge in [0.15, 0.2) is 18.0 Å². The number of hydrogen-bond acceptors (Lipinski definition) is 7. The highest BCUT2D eigenvalue weighted by Crippen LogP contribution is 2.30. The third-order valence-corrected chi connectivity index (χ3v) is 6.54. The lowest BCUT2D eigenvalue weighted by molar-refractivity contribution is 0.00611. The molecule has 0 saturated heterocycles. The van der Waals surface area contributed by atoms with E-state index < -0.39 is 23.9 Å². The zero-order valence-electron chi connectivity index (χ0n) is 17.5. The first-order valence-electron chi connectivity index (χ1n) is 10.2. The van der Waals surface area contributed by atoms with Crippen molar-refractivity contribution in [2.24, 2.45) is 5.73 Å². The number of fused-ring (bicyclic) bond motifs is 2. The summed E-state index contributed by atoms with van der Waals surface area (Å²) in [6.45, 7) is 2.94. The molecular weight excluding hydrogens is 450 g/mol. The number of nitrogens with one attached hydrogen (secondary N) is 1. The first kappa shape index (κ1) is 21.4. The standard InChI is InChI=1S/C22H20F2N6O2S/c1-11-26-16-9-13(3-5-18(16)33-11)27-22(32)29-6-7-30-17(10-29)19(21(25)31)20(28-30)12-2-4-14(23)15(24)8-12/h2-5,8-9,22,27,32H,6-7,10H2,1H3,(H2,25,31). The molecule has 33 heavy (non-hydrogen) atoms. The Bertz CT molecular complexity index is 1380. The lowest BCUT2D eigenvalue weighted by Crippen LogP contribution is -2.45. The number of aromatic nitrogens is 3. The molecule has 0 aliphatic carbocycles. The number of rotatable bonds is 5. The number of carbonyl (C=O) groups excluding carboxylic acids is 1. The van der Waals surface area contributed by atoms with Gasteiger partial charge in [0, 0.05) is 24.3 Å². The first-order chi connectivity index (χ1) is 15.8. The lowest BCUT2D eigenvalue weighted by atomic mass is 10.0. The number of amides is 1. The number of aryl methyl sites for hydroxylation is 1. The van der Waals surface area contributed by atoms with Crippen LogP contribution in [0.25, 0.3) is 21.5 Å². The van der Waals surface area contributed by atoms with Gasteiger partial charge in [-0.3, -0.25) is 14.4 Å². The summed E-state index contributed by atoms with van der Waals surface area (Å²) in [4.78, 5) is 18.5. The van der Waals surface area contributed by atoms with Gasteiger partial charge in [0.05, 0.1) is 33.0 Å². The monoisotopic (exact) mass is 470 g/mol. The molecule has 1 amide bonds. The Morgan fingerprint density at radius 3 is 2.79 bits per heavy atom. The van der Waals surface area contributed by atoms with Crippen LogP contribution in [0.4, 0.5) is 14.5 Å². The molecule has 170 valence electrons. The van der Waals surface area contributed by atoms with Gasteiger partial charge in [-0.15, -0.1) is 11.3 Å². The number of aliphatic hydroxyl groups excluding tert-OH is 1. The highest BCUT2D eigenvalue weighted by molar-refractivity contribution is 7.18. The number of nitrogens with zero attached hydrogens (tertiary/aromatic N) is 4. The van der Waals surface area contributed by atoms with E-state index in [0.717, 1.165) is 27.4 Å². The van der Waals surface area contributed by atoms with Crippen molar-refractivity contribution in [1.82, 2.24) is 19.7 Å². The molecule has 11 heteroatoms. The Kier molecular flexibility index (Phi) is 5.31. The summed E-state index contributed by atoms with van der Waals surface area (Å²) in [5, 5.41) is 19.2. The molecule has 1 aliphatic rings. The number of thiazole rings is 1. The van der Waals surface area contributed by atoms with Crippen molar-refractivity contribution < 1.29 is 18.7 Å². The first-order valence-corrected chi connectivity index (χ1v) is 11.0. The minimum absolute atomic E-state index is 0.122. The fraction of sp³-hybridized carbons (Fsp3) is 0.227. The number of halogens is 2. The van der Waals surface area contributed by atoms with Crippen molar-refractivity contribution in [2.75, 3.05) is 11.9 Å². The van der Waals surface area contributed by atoms with Gasteiger partial charge in [0.2, 0.25) is 0 Å². The van der Waals surface area contributed by atoms with Gasteiger partial charge in [-0.05, 0) is 43.3 Å². The Balaban J connectivity index is 1.41. The Morgan fingerprint density at radius 2 is 2.03 bits per heavy atom. The summed E-state index contributed by atoms with van der Waals surface area (Å²) in [5.41, 5.74) is 8.24. The van der Waals surface area contributed by atoms with Gasteiger partial charge in [-0.1, -0.05) is 0 Å². The molecular formula is C22H20F2N6O2S. The molecule has 4 aromatic rings. The number of hydrogen-bond donors (Lipinski definition) is 3. The second-order valence-corrected chi connectivity index (χ2v) is 9.03. The number of benzene rings is 2. The van der Waals surface area contributed by atoms with Gasteiger partial charge in [0.25, 0.3) is 5.91 Å². The van der Waals surface area contributed by atoms with Crippen LogP contribution >= 0.6 is 11.3 Å². The lowest BCUT2D eigenvalue weighted by Gasteiger charge is -2.32. The summed E-state index contributed by atoms with van der Waals surface area (Å²) < 4.78 is 29.8. The quantitative estimate of drug-likeness (QED) is 0.387. The number of anilines is 1. The molecule has 2 aromatic heterocycles. The predicted molar refractivity (Wildman–Crippen MR) is 120 cm³/mol. The van der Waals surface area contributed by atoms with Crippen LogP contribution in [-0.2, 0) is 13.1 Å². The van der Waals surface area contributed by atoms with Crippen LogP contribution in [0, 0.1) is 18.6 Å². The average molecular weight is 471 g/mol. The van der Waals surface area contributed by atoms with E-state index in [1.165, 1.54) is 6.07 Å². The largest absolute Gasteiger partial charge is 0.365 e. The molecule has 0 bridgehead atoms. The highest BCUT2D eigenvalue weighted by atomic mass is 32.1. The van der Waals surface area contributed by atoms with E-state index in [1.807, 2.05) is 25.1 Å². The Hall–Kier alpha value is -3.41. The zero-order chi connectivity index (χ0) is 23.3. The second kappa shape index (κ2) is 8.18. The van der Waals surface area contributed by atoms with Crippen LogP contribution in [0.2, 0.25) is 0 Å². The molecule has 0 saturated carbocycles. The number of carbonyl (C=O) groups is 1. The van der Waals surface area contributed by atoms with Crippen LogP contribution < -0.4 is 11.1 Å². The summed E-state index contributed by atoms with van der Waals surface area (Å²) in [6, 6.07) is 9.00. The zero-order valence-corrected chi connectivity index (χ0v) is 18.4. The van der Waals surface area contributed by atoms with Crippen molar-refractivity contribution in [2.45, 2.75) is 26.4 Å². The maximum absolute atomic E-state index is 13.8. The molecule has 0 spiro atoms. The third-order valence-electron chi connectivity index (χ3n) is 5.59. The summed E-state index contributed by atoms with van der Waals surface area (Å²) in [6.07, 6.45) is -1.04. The molecule has 3 heterocycles. The molecule has 2 aromatic carbocycles. The van der Waals surface area contributed by atoms with Gasteiger partial charge >= 0.3 is 0 Å². The van der Waals surface area contributed by atoms with E-state index in [9.17, 15) is 18.7 Å². The van der Waals surface area contributed by atoms with Gasteiger partial charge < -0.3 is 16.2 Å². The fourth-order valence-corrected chi connectivity index (χ4v) is 4.83. The second-order valence-electron chi connectivity index (χ2n) is 7.79. The summed E-state index contributed by atoms with van der Waals surface area (Å²) >= 11 is 1.60. The van der Waals surface area contributed by atoms with E-state index in [4.69, 9.17) is 5.73 Å². The number of aliphatic hydroxyl groups is 1. The van der Waals surface area contributed by atoms with E-state index in [0.29, 0.717) is 24.5 Å². The van der Waals surface area contributed by atoms with Gasteiger partial charge in [0.1, 0.15) is 5.69 Å². The van der Waals surface area contributed by atoms with Gasteiger partial charge in [-0.25, -0.2) is 13.8 Å². The number of nitrogens with two attached hydrogens (primary N) is 1. The van der Waals surface area contributed by atoms with Crippen molar-refractivity contribution in [3.05, 3.63) is 64.3 Å². The van der Waals surface area contributed by atoms with Crippen molar-refractivity contribution in [3.63, 3.8) is 0 Å². The number of primary amides is 1. The molecule has 1 aliphatic heterocycles. The molecule has 0 fully saturated rings. The topological polar surface area (TPSA) is 109 Å². The normalized spacial score (nSPS) is 14.9. The Labute approximate surface area is 191 Å². The fourth-order valence-electron chi connectivity index (χ4n) is 4.02. The molecule has 1 atom stereocenters.